The molecule has 1 aromatic heterocycles. The number of sulfonamides is 1. The highest BCUT2D eigenvalue weighted by atomic mass is 32.2. The molecule has 2 aromatic rings. The van der Waals surface area contributed by atoms with Crippen molar-refractivity contribution < 1.29 is 22.3 Å². The summed E-state index contributed by atoms with van der Waals surface area (Å²) in [4.78, 5) is 4.02. The lowest BCUT2D eigenvalue weighted by molar-refractivity contribution is 0.254. The summed E-state index contributed by atoms with van der Waals surface area (Å²) >= 11 is 0. The summed E-state index contributed by atoms with van der Waals surface area (Å²) in [6.45, 7) is 0.139. The Kier molecular flexibility index (Phi) is 5.91. The standard InChI is InChI=1S/C18H21F2N3O3S/c19-13-8-14(20)10-15(9-13)23-27(25,26)16-4-5-18(21-11-16)22-17-3-1-2-12(17)6-7-24/h4-5,8-12,17,23-24H,1-3,6-7H2,(H,21,22). The average molecular weight is 397 g/mol. The average Bonchev–Trinajstić information content (AvgIpc) is 3.01. The zero-order chi connectivity index (χ0) is 19.4. The van der Waals surface area contributed by atoms with Crippen LogP contribution in [0.15, 0.2) is 41.4 Å². The zero-order valence-corrected chi connectivity index (χ0v) is 15.3. The Balaban J connectivity index is 1.70. The molecule has 0 spiro atoms. The molecule has 146 valence electrons. The van der Waals surface area contributed by atoms with Crippen LogP contribution < -0.4 is 10.0 Å². The fraction of sp³-hybridized carbons (Fsp3) is 0.389. The molecule has 0 radical (unpaired) electrons. The normalized spacial score (nSPS) is 19.8. The van der Waals surface area contributed by atoms with Crippen molar-refractivity contribution in [3.63, 3.8) is 0 Å². The van der Waals surface area contributed by atoms with Gasteiger partial charge in [-0.25, -0.2) is 22.2 Å². The van der Waals surface area contributed by atoms with Crippen molar-refractivity contribution >= 4 is 21.5 Å². The van der Waals surface area contributed by atoms with E-state index in [2.05, 4.69) is 15.0 Å². The largest absolute Gasteiger partial charge is 0.396 e. The second-order valence-electron chi connectivity index (χ2n) is 6.60. The zero-order valence-electron chi connectivity index (χ0n) is 14.5. The summed E-state index contributed by atoms with van der Waals surface area (Å²) < 4.78 is 53.3. The van der Waals surface area contributed by atoms with Gasteiger partial charge in [-0.15, -0.1) is 0 Å². The summed E-state index contributed by atoms with van der Waals surface area (Å²) in [5, 5.41) is 12.4. The highest BCUT2D eigenvalue weighted by molar-refractivity contribution is 7.92. The molecule has 2 atom stereocenters. The first-order valence-electron chi connectivity index (χ1n) is 8.70. The van der Waals surface area contributed by atoms with Crippen LogP contribution in [0.3, 0.4) is 0 Å². The molecule has 1 fully saturated rings. The molecule has 2 unspecified atom stereocenters. The van der Waals surface area contributed by atoms with E-state index in [1.807, 2.05) is 0 Å². The van der Waals surface area contributed by atoms with E-state index in [1.165, 1.54) is 12.3 Å². The van der Waals surface area contributed by atoms with Crippen LogP contribution in [0, 0.1) is 17.6 Å². The van der Waals surface area contributed by atoms with Crippen LogP contribution in [0.5, 0.6) is 0 Å². The molecule has 27 heavy (non-hydrogen) atoms. The van der Waals surface area contributed by atoms with Gasteiger partial charge in [0.2, 0.25) is 0 Å². The van der Waals surface area contributed by atoms with E-state index in [0.717, 1.165) is 37.8 Å². The highest BCUT2D eigenvalue weighted by Gasteiger charge is 2.27. The Bertz CT molecular complexity index is 871. The molecule has 1 aliphatic carbocycles. The first-order chi connectivity index (χ1) is 12.9. The van der Waals surface area contributed by atoms with Crippen LogP contribution in [0.4, 0.5) is 20.3 Å². The topological polar surface area (TPSA) is 91.3 Å². The monoisotopic (exact) mass is 397 g/mol. The number of aliphatic hydroxyl groups is 1. The van der Waals surface area contributed by atoms with Crippen molar-refractivity contribution in [1.82, 2.24) is 4.98 Å². The van der Waals surface area contributed by atoms with Crippen molar-refractivity contribution in [2.45, 2.75) is 36.6 Å². The number of pyridine rings is 1. The molecular weight excluding hydrogens is 376 g/mol. The fourth-order valence-electron chi connectivity index (χ4n) is 3.38. The smallest absolute Gasteiger partial charge is 0.263 e. The van der Waals surface area contributed by atoms with Gasteiger partial charge in [0.05, 0.1) is 5.69 Å². The number of hydrogen-bond donors (Lipinski definition) is 3. The number of hydrogen-bond acceptors (Lipinski definition) is 5. The molecule has 0 bridgehead atoms. The van der Waals surface area contributed by atoms with E-state index in [0.29, 0.717) is 17.8 Å². The third-order valence-corrected chi connectivity index (χ3v) is 6.02. The maximum Gasteiger partial charge on any atom is 0.263 e. The van der Waals surface area contributed by atoms with Crippen LogP contribution in [0.1, 0.15) is 25.7 Å². The predicted molar refractivity (Wildman–Crippen MR) is 97.9 cm³/mol. The van der Waals surface area contributed by atoms with E-state index >= 15 is 0 Å². The van der Waals surface area contributed by atoms with Gasteiger partial charge in [-0.3, -0.25) is 4.72 Å². The van der Waals surface area contributed by atoms with Crippen molar-refractivity contribution in [3.8, 4) is 0 Å². The van der Waals surface area contributed by atoms with Crippen LogP contribution in [0.25, 0.3) is 0 Å². The first kappa shape index (κ1) is 19.5. The SMILES string of the molecule is O=S(=O)(Nc1cc(F)cc(F)c1)c1ccc(NC2CCCC2CCO)nc1. The van der Waals surface area contributed by atoms with Gasteiger partial charge in [-0.1, -0.05) is 6.42 Å². The third kappa shape index (κ3) is 4.92. The lowest BCUT2D eigenvalue weighted by Gasteiger charge is -2.20. The van der Waals surface area contributed by atoms with Crippen molar-refractivity contribution in [2.24, 2.45) is 5.92 Å². The molecule has 0 amide bonds. The summed E-state index contributed by atoms with van der Waals surface area (Å²) in [6, 6.07) is 5.57. The molecule has 0 aliphatic heterocycles. The quantitative estimate of drug-likeness (QED) is 0.668. The first-order valence-corrected chi connectivity index (χ1v) is 10.2. The summed E-state index contributed by atoms with van der Waals surface area (Å²) in [5.41, 5.74) is -0.201. The van der Waals surface area contributed by atoms with E-state index in [1.54, 1.807) is 6.07 Å². The predicted octanol–water partition coefficient (Wildman–Crippen LogP) is 3.12. The molecule has 0 saturated heterocycles. The van der Waals surface area contributed by atoms with Crippen molar-refractivity contribution in [2.75, 3.05) is 16.6 Å². The van der Waals surface area contributed by atoms with Gasteiger partial charge in [0.15, 0.2) is 0 Å². The Morgan fingerprint density at radius 2 is 1.89 bits per heavy atom. The molecule has 1 aromatic carbocycles. The minimum atomic E-state index is -4.02. The summed E-state index contributed by atoms with van der Waals surface area (Å²) in [5.74, 6) is -0.843. The third-order valence-electron chi connectivity index (χ3n) is 4.65. The fourth-order valence-corrected chi connectivity index (χ4v) is 4.36. The van der Waals surface area contributed by atoms with Gasteiger partial charge in [-0.05, 0) is 49.4 Å². The van der Waals surface area contributed by atoms with Gasteiger partial charge < -0.3 is 10.4 Å². The van der Waals surface area contributed by atoms with E-state index in [4.69, 9.17) is 5.11 Å². The molecule has 1 saturated carbocycles. The van der Waals surface area contributed by atoms with Gasteiger partial charge in [0, 0.05) is 24.9 Å². The van der Waals surface area contributed by atoms with Crippen LogP contribution >= 0.6 is 0 Å². The van der Waals surface area contributed by atoms with E-state index < -0.39 is 21.7 Å². The number of anilines is 2. The van der Waals surface area contributed by atoms with Gasteiger partial charge in [-0.2, -0.15) is 0 Å². The Morgan fingerprint density at radius 3 is 2.52 bits per heavy atom. The molecular formula is C18H21F2N3O3S. The number of rotatable bonds is 7. The van der Waals surface area contributed by atoms with Gasteiger partial charge in [0.25, 0.3) is 10.0 Å². The number of nitrogens with zero attached hydrogens (tertiary/aromatic N) is 1. The summed E-state index contributed by atoms with van der Waals surface area (Å²) in [6.07, 6.45) is 5.00. The van der Waals surface area contributed by atoms with Crippen LogP contribution in [0.2, 0.25) is 0 Å². The molecule has 3 N–H and O–H groups in total. The highest BCUT2D eigenvalue weighted by Crippen LogP contribution is 2.30. The molecule has 6 nitrogen and oxygen atoms in total. The van der Waals surface area contributed by atoms with E-state index in [9.17, 15) is 17.2 Å². The number of nitrogens with one attached hydrogen (secondary N) is 2. The van der Waals surface area contributed by atoms with Crippen LogP contribution in [-0.4, -0.2) is 31.2 Å². The molecule has 1 heterocycles. The second-order valence-corrected chi connectivity index (χ2v) is 8.28. The Morgan fingerprint density at radius 1 is 1.15 bits per heavy atom. The van der Waals surface area contributed by atoms with Crippen LogP contribution in [-0.2, 0) is 10.0 Å². The number of aliphatic hydroxyl groups excluding tert-OH is 1. The van der Waals surface area contributed by atoms with Crippen molar-refractivity contribution in [1.29, 1.82) is 0 Å². The lowest BCUT2D eigenvalue weighted by Crippen LogP contribution is -2.25. The summed E-state index contributed by atoms with van der Waals surface area (Å²) in [7, 11) is -4.02. The molecule has 1 aliphatic rings. The molecule has 9 heteroatoms. The van der Waals surface area contributed by atoms with Crippen molar-refractivity contribution in [3.05, 3.63) is 48.2 Å². The minimum absolute atomic E-state index is 0.115. The number of aromatic nitrogens is 1. The minimum Gasteiger partial charge on any atom is -0.396 e. The maximum absolute atomic E-state index is 13.2. The number of benzene rings is 1. The molecule has 3 rings (SSSR count). The Hall–Kier alpha value is -2.26. The number of halogens is 2. The van der Waals surface area contributed by atoms with Gasteiger partial charge >= 0.3 is 0 Å². The second kappa shape index (κ2) is 8.18. The maximum atomic E-state index is 13.2. The Labute approximate surface area is 156 Å². The lowest BCUT2D eigenvalue weighted by atomic mass is 10.00. The van der Waals surface area contributed by atoms with Gasteiger partial charge in [0.1, 0.15) is 22.3 Å². The van der Waals surface area contributed by atoms with E-state index in [-0.39, 0.29) is 23.2 Å².